The van der Waals surface area contributed by atoms with E-state index in [4.69, 9.17) is 16.7 Å². The van der Waals surface area contributed by atoms with Crippen molar-refractivity contribution in [1.82, 2.24) is 20.1 Å². The fourth-order valence-corrected chi connectivity index (χ4v) is 2.69. The van der Waals surface area contributed by atoms with E-state index in [9.17, 15) is 4.79 Å². The van der Waals surface area contributed by atoms with Gasteiger partial charge in [-0.1, -0.05) is 47.5 Å². The molecular weight excluding hydrogens is 352 g/mol. The molecule has 134 valence electrons. The highest BCUT2D eigenvalue weighted by Crippen LogP contribution is 2.25. The number of nitrogens with zero attached hydrogens (tertiary/aromatic N) is 3. The first-order chi connectivity index (χ1) is 12.5. The zero-order chi connectivity index (χ0) is 18.7. The van der Waals surface area contributed by atoms with Crippen LogP contribution in [0.25, 0.3) is 17.1 Å². The molecule has 7 heteroatoms. The molecule has 0 saturated carbocycles. The van der Waals surface area contributed by atoms with Crippen LogP contribution >= 0.6 is 11.6 Å². The van der Waals surface area contributed by atoms with E-state index < -0.39 is 5.91 Å². The Labute approximate surface area is 156 Å². The molecule has 0 aliphatic heterocycles. The van der Waals surface area contributed by atoms with Crippen molar-refractivity contribution in [2.45, 2.75) is 13.8 Å². The minimum absolute atomic E-state index is 0.0356. The third-order valence-electron chi connectivity index (χ3n) is 3.92. The maximum Gasteiger partial charge on any atom is 0.291 e. The average molecular weight is 371 g/mol. The summed E-state index contributed by atoms with van der Waals surface area (Å²) < 4.78 is 1.62. The summed E-state index contributed by atoms with van der Waals surface area (Å²) in [7, 11) is 0. The highest BCUT2D eigenvalue weighted by Gasteiger charge is 2.19. The number of aromatic nitrogens is 3. The molecule has 1 amide bonds. The van der Waals surface area contributed by atoms with E-state index >= 15 is 0 Å². The van der Waals surface area contributed by atoms with Gasteiger partial charge in [0.15, 0.2) is 5.82 Å². The lowest BCUT2D eigenvalue weighted by Gasteiger charge is -2.09. The first-order valence-corrected chi connectivity index (χ1v) is 8.57. The van der Waals surface area contributed by atoms with Crippen LogP contribution in [0.5, 0.6) is 0 Å². The summed E-state index contributed by atoms with van der Waals surface area (Å²) >= 11 is 6.16. The number of hydrogen-bond donors (Lipinski definition) is 2. The van der Waals surface area contributed by atoms with Crippen molar-refractivity contribution in [3.8, 4) is 17.1 Å². The number of carbonyl (C=O) groups excluding carboxylic acids is 1. The predicted molar refractivity (Wildman–Crippen MR) is 101 cm³/mol. The SMILES string of the molecule is Cc1ccc(-c2nc(C(=O)NCCO)nn2-c2cc(Cl)ccc2C)cc1. The largest absolute Gasteiger partial charge is 0.395 e. The van der Waals surface area contributed by atoms with Gasteiger partial charge in [0.1, 0.15) is 0 Å². The summed E-state index contributed by atoms with van der Waals surface area (Å²) in [5.41, 5.74) is 3.67. The van der Waals surface area contributed by atoms with Gasteiger partial charge in [0.25, 0.3) is 5.91 Å². The molecule has 0 radical (unpaired) electrons. The number of carbonyl (C=O) groups is 1. The van der Waals surface area contributed by atoms with Crippen molar-refractivity contribution in [3.63, 3.8) is 0 Å². The van der Waals surface area contributed by atoms with Gasteiger partial charge in [-0.2, -0.15) is 0 Å². The monoisotopic (exact) mass is 370 g/mol. The summed E-state index contributed by atoms with van der Waals surface area (Å²) in [4.78, 5) is 16.7. The van der Waals surface area contributed by atoms with E-state index in [-0.39, 0.29) is 19.0 Å². The second-order valence-corrected chi connectivity index (χ2v) is 6.38. The lowest BCUT2D eigenvalue weighted by atomic mass is 10.1. The minimum atomic E-state index is -0.439. The minimum Gasteiger partial charge on any atom is -0.395 e. The van der Waals surface area contributed by atoms with Gasteiger partial charge in [-0.25, -0.2) is 9.67 Å². The van der Waals surface area contributed by atoms with Gasteiger partial charge in [-0.15, -0.1) is 5.10 Å². The summed E-state index contributed by atoms with van der Waals surface area (Å²) in [6.07, 6.45) is 0. The topological polar surface area (TPSA) is 80.0 Å². The van der Waals surface area contributed by atoms with Gasteiger partial charge >= 0.3 is 0 Å². The molecule has 2 aromatic carbocycles. The lowest BCUT2D eigenvalue weighted by Crippen LogP contribution is -2.27. The number of amides is 1. The van der Waals surface area contributed by atoms with Gasteiger partial charge in [0.2, 0.25) is 5.82 Å². The number of hydrogen-bond acceptors (Lipinski definition) is 4. The number of benzene rings is 2. The van der Waals surface area contributed by atoms with Crippen LogP contribution in [0.2, 0.25) is 5.02 Å². The van der Waals surface area contributed by atoms with Crippen molar-refractivity contribution >= 4 is 17.5 Å². The number of halogens is 1. The summed E-state index contributed by atoms with van der Waals surface area (Å²) in [6.45, 7) is 3.94. The number of aliphatic hydroxyl groups excluding tert-OH is 1. The molecule has 0 fully saturated rings. The van der Waals surface area contributed by atoms with Crippen LogP contribution in [0.15, 0.2) is 42.5 Å². The second-order valence-electron chi connectivity index (χ2n) is 5.95. The molecule has 0 bridgehead atoms. The van der Waals surface area contributed by atoms with Crippen LogP contribution in [-0.2, 0) is 0 Å². The second kappa shape index (κ2) is 7.68. The van der Waals surface area contributed by atoms with Gasteiger partial charge in [0, 0.05) is 17.1 Å². The fraction of sp³-hybridized carbons (Fsp3) is 0.211. The Hall–Kier alpha value is -2.70. The molecule has 0 saturated heterocycles. The molecule has 0 spiro atoms. The van der Waals surface area contributed by atoms with Crippen LogP contribution in [0.1, 0.15) is 21.7 Å². The quantitative estimate of drug-likeness (QED) is 0.723. The van der Waals surface area contributed by atoms with E-state index in [0.717, 1.165) is 22.4 Å². The maximum atomic E-state index is 12.3. The Bertz CT molecular complexity index is 935. The fourth-order valence-electron chi connectivity index (χ4n) is 2.52. The van der Waals surface area contributed by atoms with Crippen LogP contribution in [-0.4, -0.2) is 38.9 Å². The van der Waals surface area contributed by atoms with Gasteiger partial charge < -0.3 is 10.4 Å². The third-order valence-corrected chi connectivity index (χ3v) is 4.15. The standard InChI is InChI=1S/C19H19ClN4O2/c1-12-3-6-14(7-4-12)18-22-17(19(26)21-9-10-25)23-24(18)16-11-15(20)8-5-13(16)2/h3-8,11,25H,9-10H2,1-2H3,(H,21,26). The van der Waals surface area contributed by atoms with Gasteiger partial charge in [-0.3, -0.25) is 4.79 Å². The van der Waals surface area contributed by atoms with E-state index in [2.05, 4.69) is 15.4 Å². The Kier molecular flexibility index (Phi) is 5.35. The number of nitrogens with one attached hydrogen (secondary N) is 1. The van der Waals surface area contributed by atoms with Gasteiger partial charge in [0.05, 0.1) is 12.3 Å². The predicted octanol–water partition coefficient (Wildman–Crippen LogP) is 2.93. The Morgan fingerprint density at radius 2 is 1.92 bits per heavy atom. The maximum absolute atomic E-state index is 12.3. The van der Waals surface area contributed by atoms with E-state index in [1.165, 1.54) is 0 Å². The molecule has 0 atom stereocenters. The van der Waals surface area contributed by atoms with Crippen LogP contribution in [0, 0.1) is 13.8 Å². The molecule has 0 unspecified atom stereocenters. The van der Waals surface area contributed by atoms with E-state index in [0.29, 0.717) is 10.8 Å². The van der Waals surface area contributed by atoms with Crippen molar-refractivity contribution in [2.24, 2.45) is 0 Å². The summed E-state index contributed by atoms with van der Waals surface area (Å²) in [5, 5.41) is 16.4. The van der Waals surface area contributed by atoms with E-state index in [1.807, 2.05) is 44.2 Å². The Morgan fingerprint density at radius 3 is 2.62 bits per heavy atom. The zero-order valence-electron chi connectivity index (χ0n) is 14.5. The van der Waals surface area contributed by atoms with E-state index in [1.54, 1.807) is 16.8 Å². The molecule has 3 rings (SSSR count). The number of aryl methyl sites for hydroxylation is 2. The van der Waals surface area contributed by atoms with Crippen molar-refractivity contribution in [3.05, 3.63) is 64.4 Å². The first-order valence-electron chi connectivity index (χ1n) is 8.19. The summed E-state index contributed by atoms with van der Waals surface area (Å²) in [5.74, 6) is 0.142. The normalized spacial score (nSPS) is 10.8. The molecule has 1 aromatic heterocycles. The van der Waals surface area contributed by atoms with Crippen LogP contribution in [0.3, 0.4) is 0 Å². The Morgan fingerprint density at radius 1 is 1.19 bits per heavy atom. The smallest absolute Gasteiger partial charge is 0.291 e. The molecule has 0 aliphatic rings. The molecule has 2 N–H and O–H groups in total. The third kappa shape index (κ3) is 3.76. The lowest BCUT2D eigenvalue weighted by molar-refractivity contribution is 0.0934. The van der Waals surface area contributed by atoms with Crippen LogP contribution < -0.4 is 5.32 Å². The van der Waals surface area contributed by atoms with Crippen molar-refractivity contribution < 1.29 is 9.90 Å². The summed E-state index contributed by atoms with van der Waals surface area (Å²) in [6, 6.07) is 13.3. The highest BCUT2D eigenvalue weighted by atomic mass is 35.5. The molecule has 1 heterocycles. The van der Waals surface area contributed by atoms with Crippen molar-refractivity contribution in [2.75, 3.05) is 13.2 Å². The number of aliphatic hydroxyl groups is 1. The molecule has 3 aromatic rings. The average Bonchev–Trinajstić information content (AvgIpc) is 3.07. The molecular formula is C19H19ClN4O2. The number of rotatable bonds is 5. The highest BCUT2D eigenvalue weighted by molar-refractivity contribution is 6.30. The van der Waals surface area contributed by atoms with Crippen LogP contribution in [0.4, 0.5) is 0 Å². The molecule has 6 nitrogen and oxygen atoms in total. The molecule has 0 aliphatic carbocycles. The zero-order valence-corrected chi connectivity index (χ0v) is 15.3. The first kappa shape index (κ1) is 18.1. The Balaban J connectivity index is 2.14. The van der Waals surface area contributed by atoms with Gasteiger partial charge in [-0.05, 0) is 31.5 Å². The van der Waals surface area contributed by atoms with Crippen molar-refractivity contribution in [1.29, 1.82) is 0 Å². The molecule has 26 heavy (non-hydrogen) atoms.